The minimum Gasteiger partial charge on any atom is -0.316 e. The molecule has 1 fully saturated rings. The van der Waals surface area contributed by atoms with Gasteiger partial charge in [-0.05, 0) is 65.0 Å². The number of hydrogen-bond acceptors (Lipinski definition) is 1. The largest absolute Gasteiger partial charge is 0.316 e. The van der Waals surface area contributed by atoms with E-state index < -0.39 is 0 Å². The molecule has 0 aromatic heterocycles. The Bertz CT molecular complexity index is 367. The lowest BCUT2D eigenvalue weighted by atomic mass is 9.80. The maximum atomic E-state index is 13.2. The van der Waals surface area contributed by atoms with Crippen LogP contribution in [0, 0.1) is 11.7 Å². The Morgan fingerprint density at radius 1 is 1.50 bits per heavy atom. The molecule has 0 spiro atoms. The standard InChI is InChI=1S/C13H17BrFN/c1-2-9-8-16-6-5-11(9)10-3-4-13(15)12(14)7-10/h3-4,7,9,11,16H,2,5-6,8H2,1H3. The summed E-state index contributed by atoms with van der Waals surface area (Å²) in [6.07, 6.45) is 2.32. The van der Waals surface area contributed by atoms with Crippen LogP contribution in [-0.4, -0.2) is 13.1 Å². The van der Waals surface area contributed by atoms with Gasteiger partial charge < -0.3 is 5.32 Å². The van der Waals surface area contributed by atoms with Crippen LogP contribution in [0.3, 0.4) is 0 Å². The first-order valence-corrected chi connectivity index (χ1v) is 6.67. The van der Waals surface area contributed by atoms with Crippen LogP contribution in [-0.2, 0) is 0 Å². The van der Waals surface area contributed by atoms with Gasteiger partial charge in [0.1, 0.15) is 5.82 Å². The summed E-state index contributed by atoms with van der Waals surface area (Å²) in [5.74, 6) is 1.07. The van der Waals surface area contributed by atoms with Crippen LogP contribution in [0.4, 0.5) is 4.39 Å². The number of piperidine rings is 1. The molecule has 3 heteroatoms. The number of halogens is 2. The fraction of sp³-hybridized carbons (Fsp3) is 0.538. The fourth-order valence-electron chi connectivity index (χ4n) is 2.53. The molecule has 1 aliphatic rings. The number of rotatable bonds is 2. The van der Waals surface area contributed by atoms with Gasteiger partial charge in [0, 0.05) is 0 Å². The van der Waals surface area contributed by atoms with Crippen molar-refractivity contribution in [2.45, 2.75) is 25.7 Å². The zero-order valence-electron chi connectivity index (χ0n) is 9.47. The molecule has 1 nitrogen and oxygen atoms in total. The molecular weight excluding hydrogens is 269 g/mol. The van der Waals surface area contributed by atoms with Crippen molar-refractivity contribution < 1.29 is 4.39 Å². The number of benzene rings is 1. The van der Waals surface area contributed by atoms with Gasteiger partial charge in [-0.2, -0.15) is 0 Å². The lowest BCUT2D eigenvalue weighted by Crippen LogP contribution is -2.35. The second-order valence-electron chi connectivity index (χ2n) is 4.44. The molecule has 2 rings (SSSR count). The third-order valence-corrected chi connectivity index (χ3v) is 4.11. The van der Waals surface area contributed by atoms with Crippen molar-refractivity contribution >= 4 is 15.9 Å². The smallest absolute Gasteiger partial charge is 0.137 e. The summed E-state index contributed by atoms with van der Waals surface area (Å²) in [4.78, 5) is 0. The van der Waals surface area contributed by atoms with Crippen LogP contribution in [0.2, 0.25) is 0 Å². The minimum absolute atomic E-state index is 0.175. The fourth-order valence-corrected chi connectivity index (χ4v) is 2.93. The topological polar surface area (TPSA) is 12.0 Å². The molecule has 1 N–H and O–H groups in total. The lowest BCUT2D eigenvalue weighted by Gasteiger charge is -2.32. The summed E-state index contributed by atoms with van der Waals surface area (Å²) in [6, 6.07) is 5.43. The third-order valence-electron chi connectivity index (χ3n) is 3.50. The van der Waals surface area contributed by atoms with E-state index >= 15 is 0 Å². The van der Waals surface area contributed by atoms with Gasteiger partial charge in [-0.1, -0.05) is 19.4 Å². The Hall–Kier alpha value is -0.410. The van der Waals surface area contributed by atoms with Gasteiger partial charge in [0.15, 0.2) is 0 Å². The molecule has 0 radical (unpaired) electrons. The van der Waals surface area contributed by atoms with E-state index in [1.165, 1.54) is 12.0 Å². The van der Waals surface area contributed by atoms with Crippen molar-refractivity contribution in [3.05, 3.63) is 34.1 Å². The van der Waals surface area contributed by atoms with E-state index in [0.29, 0.717) is 16.3 Å². The Morgan fingerprint density at radius 2 is 2.31 bits per heavy atom. The Balaban J connectivity index is 2.23. The summed E-state index contributed by atoms with van der Waals surface area (Å²) in [6.45, 7) is 4.37. The van der Waals surface area contributed by atoms with Gasteiger partial charge in [0.25, 0.3) is 0 Å². The van der Waals surface area contributed by atoms with Crippen molar-refractivity contribution in [3.63, 3.8) is 0 Å². The molecule has 1 aromatic carbocycles. The Morgan fingerprint density at radius 3 is 3.00 bits per heavy atom. The monoisotopic (exact) mass is 285 g/mol. The van der Waals surface area contributed by atoms with Gasteiger partial charge >= 0.3 is 0 Å². The molecule has 1 aliphatic heterocycles. The highest BCUT2D eigenvalue weighted by Crippen LogP contribution is 2.33. The maximum Gasteiger partial charge on any atom is 0.137 e. The number of nitrogens with one attached hydrogen (secondary N) is 1. The summed E-state index contributed by atoms with van der Waals surface area (Å²) in [5, 5.41) is 3.43. The molecule has 2 atom stereocenters. The van der Waals surface area contributed by atoms with E-state index in [2.05, 4.69) is 28.2 Å². The van der Waals surface area contributed by atoms with Gasteiger partial charge in [0.05, 0.1) is 4.47 Å². The van der Waals surface area contributed by atoms with E-state index in [1.807, 2.05) is 12.1 Å². The van der Waals surface area contributed by atoms with Crippen molar-refractivity contribution in [1.29, 1.82) is 0 Å². The first-order chi connectivity index (χ1) is 7.72. The van der Waals surface area contributed by atoms with Crippen LogP contribution in [0.1, 0.15) is 31.2 Å². The van der Waals surface area contributed by atoms with E-state index in [9.17, 15) is 4.39 Å². The molecular formula is C13H17BrFN. The highest BCUT2D eigenvalue weighted by atomic mass is 79.9. The molecule has 0 aliphatic carbocycles. The van der Waals surface area contributed by atoms with E-state index in [1.54, 1.807) is 6.07 Å². The molecule has 16 heavy (non-hydrogen) atoms. The summed E-state index contributed by atoms with van der Waals surface area (Å²) >= 11 is 3.26. The van der Waals surface area contributed by atoms with Crippen molar-refractivity contribution in [3.8, 4) is 0 Å². The summed E-state index contributed by atoms with van der Waals surface area (Å²) < 4.78 is 13.8. The zero-order valence-corrected chi connectivity index (χ0v) is 11.1. The second-order valence-corrected chi connectivity index (χ2v) is 5.30. The molecule has 0 amide bonds. The molecule has 0 saturated carbocycles. The van der Waals surface area contributed by atoms with Crippen molar-refractivity contribution in [2.24, 2.45) is 5.92 Å². The summed E-state index contributed by atoms with van der Waals surface area (Å²) in [5.41, 5.74) is 1.27. The molecule has 1 heterocycles. The quantitative estimate of drug-likeness (QED) is 0.874. The van der Waals surface area contributed by atoms with Gasteiger partial charge in [-0.3, -0.25) is 0 Å². The highest BCUT2D eigenvalue weighted by molar-refractivity contribution is 9.10. The second kappa shape index (κ2) is 5.28. The van der Waals surface area contributed by atoms with Crippen molar-refractivity contribution in [1.82, 2.24) is 5.32 Å². The third kappa shape index (κ3) is 2.46. The highest BCUT2D eigenvalue weighted by Gasteiger charge is 2.25. The van der Waals surface area contributed by atoms with Crippen LogP contribution < -0.4 is 5.32 Å². The molecule has 2 unspecified atom stereocenters. The predicted molar refractivity (Wildman–Crippen MR) is 68.1 cm³/mol. The molecule has 88 valence electrons. The van der Waals surface area contributed by atoms with E-state index in [-0.39, 0.29) is 5.82 Å². The maximum absolute atomic E-state index is 13.2. The van der Waals surface area contributed by atoms with E-state index in [4.69, 9.17) is 0 Å². The average Bonchev–Trinajstić information content (AvgIpc) is 2.32. The molecule has 1 aromatic rings. The summed E-state index contributed by atoms with van der Waals surface area (Å²) in [7, 11) is 0. The first-order valence-electron chi connectivity index (χ1n) is 5.88. The number of hydrogen-bond donors (Lipinski definition) is 1. The van der Waals surface area contributed by atoms with Crippen LogP contribution in [0.25, 0.3) is 0 Å². The Labute approximate surface area is 105 Å². The van der Waals surface area contributed by atoms with E-state index in [0.717, 1.165) is 19.5 Å². The van der Waals surface area contributed by atoms with Gasteiger partial charge in [-0.15, -0.1) is 0 Å². The van der Waals surface area contributed by atoms with Crippen LogP contribution in [0.15, 0.2) is 22.7 Å². The molecule has 0 bridgehead atoms. The Kier molecular flexibility index (Phi) is 3.98. The predicted octanol–water partition coefficient (Wildman–Crippen LogP) is 3.69. The minimum atomic E-state index is -0.175. The SMILES string of the molecule is CCC1CNCCC1c1ccc(F)c(Br)c1. The average molecular weight is 286 g/mol. The zero-order chi connectivity index (χ0) is 11.5. The van der Waals surface area contributed by atoms with Gasteiger partial charge in [-0.25, -0.2) is 4.39 Å². The first kappa shape index (κ1) is 12.1. The normalized spacial score (nSPS) is 25.7. The van der Waals surface area contributed by atoms with Crippen LogP contribution in [0.5, 0.6) is 0 Å². The van der Waals surface area contributed by atoms with Crippen molar-refractivity contribution in [2.75, 3.05) is 13.1 Å². The lowest BCUT2D eigenvalue weighted by molar-refractivity contribution is 0.317. The molecule has 1 saturated heterocycles. The van der Waals surface area contributed by atoms with Gasteiger partial charge in [0.2, 0.25) is 0 Å². The van der Waals surface area contributed by atoms with Crippen LogP contribution >= 0.6 is 15.9 Å².